The molecule has 0 saturated carbocycles. The van der Waals surface area contributed by atoms with Crippen LogP contribution >= 0.6 is 23.2 Å². The van der Waals surface area contributed by atoms with Crippen LogP contribution in [0, 0.1) is 6.92 Å². The molecule has 0 unspecified atom stereocenters. The van der Waals surface area contributed by atoms with Gasteiger partial charge in [0.2, 0.25) is 0 Å². The number of amides is 1. The van der Waals surface area contributed by atoms with Gasteiger partial charge in [-0.15, -0.1) is 0 Å². The molecule has 0 aliphatic rings. The fourth-order valence-corrected chi connectivity index (χ4v) is 2.96. The first kappa shape index (κ1) is 21.1. The Morgan fingerprint density at radius 3 is 2.63 bits per heavy atom. The zero-order chi connectivity index (χ0) is 20.1. The number of ether oxygens (including phenoxy) is 1. The van der Waals surface area contributed by atoms with E-state index in [-0.39, 0.29) is 23.3 Å². The van der Waals surface area contributed by atoms with Gasteiger partial charge in [0, 0.05) is 10.6 Å². The molecule has 2 N–H and O–H groups in total. The van der Waals surface area contributed by atoms with Crippen molar-refractivity contribution < 1.29 is 14.6 Å². The van der Waals surface area contributed by atoms with Gasteiger partial charge in [-0.2, -0.15) is 5.10 Å². The van der Waals surface area contributed by atoms with Gasteiger partial charge in [-0.05, 0) is 49.1 Å². The second-order valence-electron chi connectivity index (χ2n) is 6.50. The molecule has 5 nitrogen and oxygen atoms in total. The Labute approximate surface area is 168 Å². The Morgan fingerprint density at radius 2 is 1.96 bits per heavy atom. The lowest BCUT2D eigenvalue weighted by molar-refractivity contribution is -0.123. The van der Waals surface area contributed by atoms with Crippen molar-refractivity contribution in [1.82, 2.24) is 5.43 Å². The first-order valence-electron chi connectivity index (χ1n) is 8.44. The summed E-state index contributed by atoms with van der Waals surface area (Å²) in [5, 5.41) is 14.5. The third kappa shape index (κ3) is 5.62. The number of hydrazone groups is 1. The van der Waals surface area contributed by atoms with Gasteiger partial charge in [-0.25, -0.2) is 5.43 Å². The molecule has 0 radical (unpaired) electrons. The molecule has 0 saturated heterocycles. The molecule has 27 heavy (non-hydrogen) atoms. The Balaban J connectivity index is 2.05. The number of rotatable bonds is 6. The molecule has 0 aliphatic carbocycles. The molecular weight excluding hydrogens is 387 g/mol. The molecule has 2 aromatic rings. The number of phenols is 1. The van der Waals surface area contributed by atoms with Crippen LogP contribution < -0.4 is 10.2 Å². The molecule has 1 amide bonds. The van der Waals surface area contributed by atoms with E-state index in [9.17, 15) is 9.90 Å². The van der Waals surface area contributed by atoms with Crippen LogP contribution in [-0.4, -0.2) is 23.3 Å². The number of nitrogens with one attached hydrogen (secondary N) is 1. The summed E-state index contributed by atoms with van der Waals surface area (Å²) < 4.78 is 5.67. The topological polar surface area (TPSA) is 70.9 Å². The average Bonchev–Trinajstić information content (AvgIpc) is 2.60. The number of aromatic hydroxyl groups is 1. The molecule has 2 aromatic carbocycles. The predicted molar refractivity (Wildman–Crippen MR) is 109 cm³/mol. The van der Waals surface area contributed by atoms with Crippen LogP contribution in [0.2, 0.25) is 10.0 Å². The highest BCUT2D eigenvalue weighted by Gasteiger charge is 2.12. The molecule has 0 atom stereocenters. The van der Waals surface area contributed by atoms with E-state index in [4.69, 9.17) is 27.9 Å². The van der Waals surface area contributed by atoms with Gasteiger partial charge in [0.05, 0.1) is 10.7 Å². The number of halogens is 2. The van der Waals surface area contributed by atoms with E-state index in [0.29, 0.717) is 22.0 Å². The number of hydrogen-bond acceptors (Lipinski definition) is 4. The van der Waals surface area contributed by atoms with E-state index >= 15 is 0 Å². The van der Waals surface area contributed by atoms with Crippen molar-refractivity contribution in [2.45, 2.75) is 33.6 Å². The molecule has 7 heteroatoms. The molecule has 0 heterocycles. The first-order chi connectivity index (χ1) is 12.7. The Morgan fingerprint density at radius 1 is 1.26 bits per heavy atom. The molecule has 0 aliphatic heterocycles. The number of phenolic OH excluding ortho intramolecular Hbond substituents is 1. The largest absolute Gasteiger partial charge is 0.506 e. The maximum absolute atomic E-state index is 12.1. The van der Waals surface area contributed by atoms with Crippen LogP contribution in [0.25, 0.3) is 0 Å². The smallest absolute Gasteiger partial charge is 0.277 e. The fourth-order valence-electron chi connectivity index (χ4n) is 2.47. The molecule has 0 fully saturated rings. The minimum atomic E-state index is -0.418. The standard InChI is InChI=1S/C20H22Cl2N2O3/c1-11(2)15-6-5-12(3)7-18(15)27-10-19(25)24-23-13(4)16-8-14(21)9-17(22)20(16)26/h5-9,11,26H,10H2,1-4H3,(H,24,25)/b23-13+. The van der Waals surface area contributed by atoms with E-state index in [1.54, 1.807) is 6.92 Å². The Kier molecular flexibility index (Phi) is 7.11. The lowest BCUT2D eigenvalue weighted by Gasteiger charge is -2.14. The van der Waals surface area contributed by atoms with Crippen molar-refractivity contribution in [2.75, 3.05) is 6.61 Å². The van der Waals surface area contributed by atoms with Crippen LogP contribution in [0.1, 0.15) is 43.4 Å². The summed E-state index contributed by atoms with van der Waals surface area (Å²) in [6.07, 6.45) is 0. The summed E-state index contributed by atoms with van der Waals surface area (Å²) in [5.41, 5.74) is 5.20. The predicted octanol–water partition coefficient (Wildman–Crippen LogP) is 5.05. The van der Waals surface area contributed by atoms with Crippen molar-refractivity contribution in [3.8, 4) is 11.5 Å². The molecular formula is C20H22Cl2N2O3. The molecule has 144 valence electrons. The number of nitrogens with zero attached hydrogens (tertiary/aromatic N) is 1. The summed E-state index contributed by atoms with van der Waals surface area (Å²) in [6, 6.07) is 8.87. The zero-order valence-electron chi connectivity index (χ0n) is 15.6. The maximum atomic E-state index is 12.1. The van der Waals surface area contributed by atoms with Crippen LogP contribution in [0.3, 0.4) is 0 Å². The zero-order valence-corrected chi connectivity index (χ0v) is 17.1. The summed E-state index contributed by atoms with van der Waals surface area (Å²) in [5.74, 6) is 0.395. The minimum absolute atomic E-state index is 0.113. The number of carbonyl (C=O) groups is 1. The molecule has 2 rings (SSSR count). The summed E-state index contributed by atoms with van der Waals surface area (Å²) in [7, 11) is 0. The van der Waals surface area contributed by atoms with Crippen LogP contribution in [0.4, 0.5) is 0 Å². The van der Waals surface area contributed by atoms with Crippen LogP contribution in [-0.2, 0) is 4.79 Å². The normalized spacial score (nSPS) is 11.6. The van der Waals surface area contributed by atoms with Crippen molar-refractivity contribution in [2.24, 2.45) is 5.10 Å². The van der Waals surface area contributed by atoms with Gasteiger partial charge in [-0.1, -0.05) is 49.2 Å². The van der Waals surface area contributed by atoms with Crippen molar-refractivity contribution in [3.05, 3.63) is 57.1 Å². The minimum Gasteiger partial charge on any atom is -0.506 e. The number of carbonyl (C=O) groups excluding carboxylic acids is 1. The van der Waals surface area contributed by atoms with Gasteiger partial charge >= 0.3 is 0 Å². The molecule has 0 aromatic heterocycles. The van der Waals surface area contributed by atoms with E-state index < -0.39 is 5.91 Å². The van der Waals surface area contributed by atoms with Crippen LogP contribution in [0.15, 0.2) is 35.4 Å². The quantitative estimate of drug-likeness (QED) is 0.518. The average molecular weight is 409 g/mol. The van der Waals surface area contributed by atoms with Crippen molar-refractivity contribution >= 4 is 34.8 Å². The molecule has 0 bridgehead atoms. The van der Waals surface area contributed by atoms with E-state index in [1.807, 2.05) is 25.1 Å². The monoisotopic (exact) mass is 408 g/mol. The van der Waals surface area contributed by atoms with Crippen molar-refractivity contribution in [3.63, 3.8) is 0 Å². The number of benzene rings is 2. The Hall–Kier alpha value is -2.24. The van der Waals surface area contributed by atoms with E-state index in [2.05, 4.69) is 24.4 Å². The fraction of sp³-hybridized carbons (Fsp3) is 0.300. The van der Waals surface area contributed by atoms with Gasteiger partial charge in [0.15, 0.2) is 6.61 Å². The Bertz CT molecular complexity index is 880. The second kappa shape index (κ2) is 9.11. The summed E-state index contributed by atoms with van der Waals surface area (Å²) in [4.78, 5) is 12.1. The third-order valence-electron chi connectivity index (χ3n) is 3.92. The third-order valence-corrected chi connectivity index (χ3v) is 4.42. The summed E-state index contributed by atoms with van der Waals surface area (Å²) >= 11 is 11.8. The first-order valence-corrected chi connectivity index (χ1v) is 9.19. The van der Waals surface area contributed by atoms with Gasteiger partial charge in [0.25, 0.3) is 5.91 Å². The van der Waals surface area contributed by atoms with E-state index in [1.165, 1.54) is 12.1 Å². The van der Waals surface area contributed by atoms with Gasteiger partial charge in [0.1, 0.15) is 11.5 Å². The molecule has 0 spiro atoms. The van der Waals surface area contributed by atoms with E-state index in [0.717, 1.165) is 11.1 Å². The van der Waals surface area contributed by atoms with Gasteiger partial charge < -0.3 is 9.84 Å². The van der Waals surface area contributed by atoms with Crippen molar-refractivity contribution in [1.29, 1.82) is 0 Å². The lowest BCUT2D eigenvalue weighted by atomic mass is 10.0. The van der Waals surface area contributed by atoms with Gasteiger partial charge in [-0.3, -0.25) is 4.79 Å². The SMILES string of the molecule is C/C(=N\NC(=O)COc1cc(C)ccc1C(C)C)c1cc(Cl)cc(Cl)c1O. The van der Waals surface area contributed by atoms with Crippen LogP contribution in [0.5, 0.6) is 11.5 Å². The number of hydrogen-bond donors (Lipinski definition) is 2. The highest BCUT2D eigenvalue weighted by molar-refractivity contribution is 6.36. The maximum Gasteiger partial charge on any atom is 0.277 e. The summed E-state index contributed by atoms with van der Waals surface area (Å²) in [6.45, 7) is 7.54. The number of aryl methyl sites for hydroxylation is 1. The second-order valence-corrected chi connectivity index (χ2v) is 7.34. The highest BCUT2D eigenvalue weighted by Crippen LogP contribution is 2.31. The highest BCUT2D eigenvalue weighted by atomic mass is 35.5. The lowest BCUT2D eigenvalue weighted by Crippen LogP contribution is -2.26.